The van der Waals surface area contributed by atoms with Gasteiger partial charge in [-0.1, -0.05) is 43.3 Å². The van der Waals surface area contributed by atoms with E-state index in [2.05, 4.69) is 0 Å². The third-order valence-corrected chi connectivity index (χ3v) is 2.73. The van der Waals surface area contributed by atoms with Gasteiger partial charge in [-0.2, -0.15) is 0 Å². The van der Waals surface area contributed by atoms with E-state index in [9.17, 15) is 9.18 Å². The predicted molar refractivity (Wildman–Crippen MR) is 65.7 cm³/mol. The lowest BCUT2D eigenvalue weighted by molar-refractivity contribution is 0.103. The van der Waals surface area contributed by atoms with Gasteiger partial charge in [0, 0.05) is 11.1 Å². The van der Waals surface area contributed by atoms with Crippen LogP contribution in [0.5, 0.6) is 0 Å². The minimum absolute atomic E-state index is 0.123. The van der Waals surface area contributed by atoms with Crippen molar-refractivity contribution in [1.29, 1.82) is 0 Å². The fraction of sp³-hybridized carbons (Fsp3) is 0.133. The van der Waals surface area contributed by atoms with Gasteiger partial charge in [0.1, 0.15) is 5.82 Å². The van der Waals surface area contributed by atoms with Gasteiger partial charge in [0.25, 0.3) is 0 Å². The standard InChI is InChI=1S/C15H13FO/c1-2-11-8-9-13(16)10-14(11)15(17)12-6-4-3-5-7-12/h3-10H,2H2,1H3. The van der Waals surface area contributed by atoms with Crippen LogP contribution in [0.2, 0.25) is 0 Å². The molecule has 0 heterocycles. The van der Waals surface area contributed by atoms with E-state index >= 15 is 0 Å². The first kappa shape index (κ1) is 11.5. The fourth-order valence-electron chi connectivity index (χ4n) is 1.81. The molecule has 0 aliphatic rings. The molecule has 0 aliphatic heterocycles. The lowest BCUT2D eigenvalue weighted by Crippen LogP contribution is -2.05. The second kappa shape index (κ2) is 4.91. The second-order valence-corrected chi connectivity index (χ2v) is 3.85. The molecule has 0 saturated carbocycles. The number of halogens is 1. The van der Waals surface area contributed by atoms with E-state index in [4.69, 9.17) is 0 Å². The molecule has 0 unspecified atom stereocenters. The van der Waals surface area contributed by atoms with Gasteiger partial charge in [-0.15, -0.1) is 0 Å². The molecule has 0 saturated heterocycles. The molecule has 2 aromatic rings. The van der Waals surface area contributed by atoms with Gasteiger partial charge >= 0.3 is 0 Å². The smallest absolute Gasteiger partial charge is 0.193 e. The number of carbonyl (C=O) groups excluding carboxylic acids is 1. The van der Waals surface area contributed by atoms with E-state index in [1.165, 1.54) is 12.1 Å². The van der Waals surface area contributed by atoms with Crippen molar-refractivity contribution < 1.29 is 9.18 Å². The quantitative estimate of drug-likeness (QED) is 0.733. The topological polar surface area (TPSA) is 17.1 Å². The van der Waals surface area contributed by atoms with E-state index in [1.807, 2.05) is 13.0 Å². The summed E-state index contributed by atoms with van der Waals surface area (Å²) in [5, 5.41) is 0. The van der Waals surface area contributed by atoms with Gasteiger partial charge in [0.2, 0.25) is 0 Å². The summed E-state index contributed by atoms with van der Waals surface area (Å²) in [5.41, 5.74) is 1.92. The zero-order chi connectivity index (χ0) is 12.3. The summed E-state index contributed by atoms with van der Waals surface area (Å²) in [6.07, 6.45) is 0.716. The summed E-state index contributed by atoms with van der Waals surface area (Å²) in [7, 11) is 0. The zero-order valence-corrected chi connectivity index (χ0v) is 9.61. The van der Waals surface area contributed by atoms with Crippen LogP contribution in [0.3, 0.4) is 0 Å². The lowest BCUT2D eigenvalue weighted by Gasteiger charge is -2.07. The Kier molecular flexibility index (Phi) is 3.33. The van der Waals surface area contributed by atoms with Crippen LogP contribution in [0.4, 0.5) is 4.39 Å². The first-order valence-electron chi connectivity index (χ1n) is 5.60. The van der Waals surface area contributed by atoms with E-state index in [-0.39, 0.29) is 11.6 Å². The maximum absolute atomic E-state index is 13.2. The van der Waals surface area contributed by atoms with E-state index < -0.39 is 0 Å². The van der Waals surface area contributed by atoms with Gasteiger partial charge in [0.15, 0.2) is 5.78 Å². The van der Waals surface area contributed by atoms with Crippen LogP contribution in [0.1, 0.15) is 28.4 Å². The van der Waals surface area contributed by atoms with Gasteiger partial charge in [0.05, 0.1) is 0 Å². The van der Waals surface area contributed by atoms with E-state index in [0.717, 1.165) is 5.56 Å². The Bertz CT molecular complexity index is 532. The molecule has 0 fully saturated rings. The van der Waals surface area contributed by atoms with Gasteiger partial charge in [-0.05, 0) is 24.1 Å². The zero-order valence-electron chi connectivity index (χ0n) is 9.61. The van der Waals surface area contributed by atoms with Crippen LogP contribution in [-0.2, 0) is 6.42 Å². The summed E-state index contributed by atoms with van der Waals surface area (Å²) in [6.45, 7) is 1.95. The Morgan fingerprint density at radius 1 is 1.12 bits per heavy atom. The van der Waals surface area contributed by atoms with Crippen molar-refractivity contribution in [3.63, 3.8) is 0 Å². The third-order valence-electron chi connectivity index (χ3n) is 2.73. The van der Waals surface area contributed by atoms with Gasteiger partial charge in [-0.3, -0.25) is 4.79 Å². The molecule has 0 N–H and O–H groups in total. The van der Waals surface area contributed by atoms with Crippen molar-refractivity contribution in [3.8, 4) is 0 Å². The molecule has 0 radical (unpaired) electrons. The van der Waals surface area contributed by atoms with E-state index in [0.29, 0.717) is 17.5 Å². The number of ketones is 1. The van der Waals surface area contributed by atoms with Crippen molar-refractivity contribution >= 4 is 5.78 Å². The summed E-state index contributed by atoms with van der Waals surface area (Å²) in [6, 6.07) is 13.3. The van der Waals surface area contributed by atoms with Crippen molar-refractivity contribution in [3.05, 3.63) is 71.0 Å². The normalized spacial score (nSPS) is 10.2. The van der Waals surface area contributed by atoms with Gasteiger partial charge < -0.3 is 0 Å². The van der Waals surface area contributed by atoms with Gasteiger partial charge in [-0.25, -0.2) is 4.39 Å². The molecule has 86 valence electrons. The Hall–Kier alpha value is -1.96. The molecular formula is C15H13FO. The van der Waals surface area contributed by atoms with Crippen molar-refractivity contribution in [2.24, 2.45) is 0 Å². The van der Waals surface area contributed by atoms with Crippen LogP contribution in [0.15, 0.2) is 48.5 Å². The third kappa shape index (κ3) is 2.41. The number of hydrogen-bond acceptors (Lipinski definition) is 1. The summed E-state index contributed by atoms with van der Waals surface area (Å²) < 4.78 is 13.2. The van der Waals surface area contributed by atoms with Crippen LogP contribution >= 0.6 is 0 Å². The number of hydrogen-bond donors (Lipinski definition) is 0. The largest absolute Gasteiger partial charge is 0.289 e. The van der Waals surface area contributed by atoms with Crippen LogP contribution in [0, 0.1) is 5.82 Å². The highest BCUT2D eigenvalue weighted by Crippen LogP contribution is 2.16. The summed E-state index contributed by atoms with van der Waals surface area (Å²) in [5.74, 6) is -0.497. The lowest BCUT2D eigenvalue weighted by atomic mass is 9.97. The van der Waals surface area contributed by atoms with Crippen LogP contribution < -0.4 is 0 Å². The number of carbonyl (C=O) groups is 1. The SMILES string of the molecule is CCc1ccc(F)cc1C(=O)c1ccccc1. The number of rotatable bonds is 3. The highest BCUT2D eigenvalue weighted by molar-refractivity contribution is 6.09. The highest BCUT2D eigenvalue weighted by Gasteiger charge is 2.13. The maximum Gasteiger partial charge on any atom is 0.193 e. The highest BCUT2D eigenvalue weighted by atomic mass is 19.1. The minimum Gasteiger partial charge on any atom is -0.289 e. The van der Waals surface area contributed by atoms with Crippen LogP contribution in [-0.4, -0.2) is 5.78 Å². The monoisotopic (exact) mass is 228 g/mol. The molecule has 0 amide bonds. The Balaban J connectivity index is 2.47. The molecule has 0 spiro atoms. The molecule has 2 aromatic carbocycles. The van der Waals surface area contributed by atoms with E-state index in [1.54, 1.807) is 30.3 Å². The average Bonchev–Trinajstić information content (AvgIpc) is 2.39. The second-order valence-electron chi connectivity index (χ2n) is 3.85. The summed E-state index contributed by atoms with van der Waals surface area (Å²) >= 11 is 0. The Morgan fingerprint density at radius 3 is 2.47 bits per heavy atom. The number of aryl methyl sites for hydroxylation is 1. The van der Waals surface area contributed by atoms with Crippen LogP contribution in [0.25, 0.3) is 0 Å². The molecule has 0 bridgehead atoms. The van der Waals surface area contributed by atoms with Crippen molar-refractivity contribution in [2.45, 2.75) is 13.3 Å². The molecule has 0 aliphatic carbocycles. The van der Waals surface area contributed by atoms with Crippen molar-refractivity contribution in [2.75, 3.05) is 0 Å². The summed E-state index contributed by atoms with van der Waals surface area (Å²) in [4.78, 5) is 12.2. The predicted octanol–water partition coefficient (Wildman–Crippen LogP) is 3.62. The Labute approximate surface area is 99.9 Å². The first-order chi connectivity index (χ1) is 8.22. The molecule has 2 heteroatoms. The minimum atomic E-state index is -0.374. The molecule has 0 aromatic heterocycles. The molecular weight excluding hydrogens is 215 g/mol. The first-order valence-corrected chi connectivity index (χ1v) is 5.60. The fourth-order valence-corrected chi connectivity index (χ4v) is 1.81. The molecule has 17 heavy (non-hydrogen) atoms. The molecule has 0 atom stereocenters. The maximum atomic E-state index is 13.2. The average molecular weight is 228 g/mol. The molecule has 2 rings (SSSR count). The number of benzene rings is 2. The Morgan fingerprint density at radius 2 is 1.82 bits per heavy atom. The molecule has 1 nitrogen and oxygen atoms in total. The van der Waals surface area contributed by atoms with Crippen molar-refractivity contribution in [1.82, 2.24) is 0 Å².